The van der Waals surface area contributed by atoms with E-state index in [-0.39, 0.29) is 11.9 Å². The molecule has 1 rings (SSSR count). The van der Waals surface area contributed by atoms with Gasteiger partial charge in [-0.1, -0.05) is 11.6 Å². The number of nitrogens with zero attached hydrogens (tertiary/aromatic N) is 2. The molecule has 0 spiro atoms. The molecule has 0 radical (unpaired) electrons. The number of carbonyl (C=O) groups is 1. The lowest BCUT2D eigenvalue weighted by atomic mass is 10.2. The number of hydrogen-bond acceptors (Lipinski definition) is 3. The number of rotatable bonds is 4. The van der Waals surface area contributed by atoms with Gasteiger partial charge in [0.1, 0.15) is 0 Å². The van der Waals surface area contributed by atoms with E-state index in [2.05, 4.69) is 10.5 Å². The van der Waals surface area contributed by atoms with Crippen LogP contribution in [0.25, 0.3) is 0 Å². The maximum atomic E-state index is 11.0. The van der Waals surface area contributed by atoms with Crippen molar-refractivity contribution in [1.29, 1.82) is 0 Å². The summed E-state index contributed by atoms with van der Waals surface area (Å²) in [5.41, 5.74) is 3.85. The van der Waals surface area contributed by atoms with Crippen LogP contribution in [0.1, 0.15) is 37.2 Å². The molecule has 0 saturated heterocycles. The van der Waals surface area contributed by atoms with Crippen molar-refractivity contribution in [3.63, 3.8) is 0 Å². The molecule has 0 bridgehead atoms. The van der Waals surface area contributed by atoms with Crippen LogP contribution in [0, 0.1) is 13.8 Å². The van der Waals surface area contributed by atoms with Crippen molar-refractivity contribution in [2.75, 3.05) is 0 Å². The molecule has 0 aromatic carbocycles. The SMILES string of the molecule is Cc1nn(C(C)CCC(=O)NN)c(C)c1Cl. The molecule has 0 aliphatic carbocycles. The summed E-state index contributed by atoms with van der Waals surface area (Å²) in [7, 11) is 0. The molecule has 90 valence electrons. The maximum absolute atomic E-state index is 11.0. The Balaban J connectivity index is 2.69. The highest BCUT2D eigenvalue weighted by Crippen LogP contribution is 2.23. The molecule has 1 amide bonds. The summed E-state index contributed by atoms with van der Waals surface area (Å²) >= 11 is 6.05. The molecule has 16 heavy (non-hydrogen) atoms. The van der Waals surface area contributed by atoms with Crippen molar-refractivity contribution in [3.05, 3.63) is 16.4 Å². The summed E-state index contributed by atoms with van der Waals surface area (Å²) in [4.78, 5) is 11.0. The zero-order valence-corrected chi connectivity index (χ0v) is 10.5. The fraction of sp³-hybridized carbons (Fsp3) is 0.600. The van der Waals surface area contributed by atoms with Crippen LogP contribution in [0.5, 0.6) is 0 Å². The lowest BCUT2D eigenvalue weighted by molar-refractivity contribution is -0.121. The normalized spacial score (nSPS) is 12.6. The third kappa shape index (κ3) is 2.74. The number of nitrogens with two attached hydrogens (primary N) is 1. The molecule has 1 aromatic heterocycles. The van der Waals surface area contributed by atoms with Gasteiger partial charge in [0.15, 0.2) is 0 Å². The number of aromatic nitrogens is 2. The minimum absolute atomic E-state index is 0.128. The number of hydrazine groups is 1. The van der Waals surface area contributed by atoms with E-state index < -0.39 is 0 Å². The molecular weight excluding hydrogens is 228 g/mol. The van der Waals surface area contributed by atoms with Crippen molar-refractivity contribution in [3.8, 4) is 0 Å². The number of nitrogens with one attached hydrogen (secondary N) is 1. The number of carbonyl (C=O) groups excluding carboxylic acids is 1. The van der Waals surface area contributed by atoms with Crippen LogP contribution in [0.2, 0.25) is 5.02 Å². The van der Waals surface area contributed by atoms with Crippen LogP contribution in [0.4, 0.5) is 0 Å². The molecule has 1 aromatic rings. The van der Waals surface area contributed by atoms with Crippen molar-refractivity contribution in [1.82, 2.24) is 15.2 Å². The topological polar surface area (TPSA) is 72.9 Å². The Morgan fingerprint density at radius 1 is 1.62 bits per heavy atom. The first-order valence-electron chi connectivity index (χ1n) is 5.18. The first-order valence-corrected chi connectivity index (χ1v) is 5.55. The first-order chi connectivity index (χ1) is 7.47. The summed E-state index contributed by atoms with van der Waals surface area (Å²) in [5.74, 6) is 4.84. The second-order valence-electron chi connectivity index (χ2n) is 3.88. The Bertz CT molecular complexity index is 388. The van der Waals surface area contributed by atoms with Crippen molar-refractivity contribution in [2.24, 2.45) is 5.84 Å². The van der Waals surface area contributed by atoms with Gasteiger partial charge in [0.2, 0.25) is 5.91 Å². The van der Waals surface area contributed by atoms with Crippen LogP contribution < -0.4 is 11.3 Å². The van der Waals surface area contributed by atoms with E-state index in [0.717, 1.165) is 11.4 Å². The van der Waals surface area contributed by atoms with E-state index in [1.807, 2.05) is 25.5 Å². The van der Waals surface area contributed by atoms with Crippen LogP contribution in [-0.2, 0) is 4.79 Å². The summed E-state index contributed by atoms with van der Waals surface area (Å²) in [6.07, 6.45) is 1.06. The van der Waals surface area contributed by atoms with Crippen LogP contribution in [-0.4, -0.2) is 15.7 Å². The van der Waals surface area contributed by atoms with Gasteiger partial charge in [-0.2, -0.15) is 5.10 Å². The Labute approximate surface area is 99.9 Å². The van der Waals surface area contributed by atoms with Gasteiger partial charge in [-0.05, 0) is 27.2 Å². The molecule has 3 N–H and O–H groups in total. The molecule has 1 unspecified atom stereocenters. The Morgan fingerprint density at radius 3 is 2.69 bits per heavy atom. The zero-order valence-electron chi connectivity index (χ0n) is 9.75. The fourth-order valence-electron chi connectivity index (χ4n) is 1.61. The first kappa shape index (κ1) is 13.0. The third-order valence-electron chi connectivity index (χ3n) is 2.60. The lowest BCUT2D eigenvalue weighted by Crippen LogP contribution is -2.30. The summed E-state index contributed by atoms with van der Waals surface area (Å²) in [6, 6.07) is 0.128. The van der Waals surface area contributed by atoms with Gasteiger partial charge in [0.05, 0.1) is 16.4 Å². The largest absolute Gasteiger partial charge is 0.294 e. The van der Waals surface area contributed by atoms with Crippen LogP contribution in [0.3, 0.4) is 0 Å². The van der Waals surface area contributed by atoms with Gasteiger partial charge >= 0.3 is 0 Å². The monoisotopic (exact) mass is 244 g/mol. The highest BCUT2D eigenvalue weighted by Gasteiger charge is 2.14. The highest BCUT2D eigenvalue weighted by molar-refractivity contribution is 6.31. The fourth-order valence-corrected chi connectivity index (χ4v) is 1.73. The Morgan fingerprint density at radius 2 is 2.25 bits per heavy atom. The third-order valence-corrected chi connectivity index (χ3v) is 3.15. The van der Waals surface area contributed by atoms with Crippen molar-refractivity contribution < 1.29 is 4.79 Å². The highest BCUT2D eigenvalue weighted by atomic mass is 35.5. The van der Waals surface area contributed by atoms with Gasteiger partial charge in [0.25, 0.3) is 0 Å². The molecule has 0 saturated carbocycles. The quantitative estimate of drug-likeness (QED) is 0.479. The Kier molecular flexibility index (Phi) is 4.32. The lowest BCUT2D eigenvalue weighted by Gasteiger charge is -2.13. The number of amides is 1. The molecule has 1 heterocycles. The summed E-state index contributed by atoms with van der Waals surface area (Å²) in [5, 5.41) is 5.03. The second-order valence-corrected chi connectivity index (χ2v) is 4.26. The van der Waals surface area contributed by atoms with Gasteiger partial charge < -0.3 is 0 Å². The van der Waals surface area contributed by atoms with E-state index in [1.54, 1.807) is 0 Å². The summed E-state index contributed by atoms with van der Waals surface area (Å²) < 4.78 is 1.85. The minimum atomic E-state index is -0.167. The molecule has 1 atom stereocenters. The van der Waals surface area contributed by atoms with Gasteiger partial charge in [-0.25, -0.2) is 5.84 Å². The van der Waals surface area contributed by atoms with E-state index in [1.165, 1.54) is 0 Å². The standard InChI is InChI=1S/C10H17ClN4O/c1-6(4-5-9(16)13-12)15-8(3)10(11)7(2)14-15/h6H,4-5,12H2,1-3H3,(H,13,16). The zero-order chi connectivity index (χ0) is 12.3. The second kappa shape index (κ2) is 5.32. The van der Waals surface area contributed by atoms with E-state index in [4.69, 9.17) is 17.4 Å². The van der Waals surface area contributed by atoms with Crippen LogP contribution in [0.15, 0.2) is 0 Å². The minimum Gasteiger partial charge on any atom is -0.294 e. The predicted octanol–water partition coefficient (Wildman–Crippen LogP) is 1.48. The smallest absolute Gasteiger partial charge is 0.233 e. The number of halogens is 1. The number of hydrogen-bond donors (Lipinski definition) is 2. The van der Waals surface area contributed by atoms with E-state index in [0.29, 0.717) is 17.9 Å². The molecule has 5 nitrogen and oxygen atoms in total. The van der Waals surface area contributed by atoms with Crippen molar-refractivity contribution >= 4 is 17.5 Å². The molecular formula is C10H17ClN4O. The molecule has 0 aliphatic rings. The van der Waals surface area contributed by atoms with E-state index >= 15 is 0 Å². The van der Waals surface area contributed by atoms with Gasteiger partial charge in [-0.3, -0.25) is 14.9 Å². The van der Waals surface area contributed by atoms with Gasteiger partial charge in [-0.15, -0.1) is 0 Å². The average Bonchev–Trinajstić information content (AvgIpc) is 2.53. The average molecular weight is 245 g/mol. The molecule has 6 heteroatoms. The predicted molar refractivity (Wildman–Crippen MR) is 63.0 cm³/mol. The molecule has 0 fully saturated rings. The number of aryl methyl sites for hydroxylation is 1. The summed E-state index contributed by atoms with van der Waals surface area (Å²) in [6.45, 7) is 5.78. The van der Waals surface area contributed by atoms with Gasteiger partial charge in [0, 0.05) is 12.5 Å². The van der Waals surface area contributed by atoms with Crippen molar-refractivity contribution in [2.45, 2.75) is 39.7 Å². The van der Waals surface area contributed by atoms with Crippen LogP contribution >= 0.6 is 11.6 Å². The Hall–Kier alpha value is -1.07. The maximum Gasteiger partial charge on any atom is 0.233 e. The molecule has 0 aliphatic heterocycles. The van der Waals surface area contributed by atoms with E-state index in [9.17, 15) is 4.79 Å².